The number of rotatable bonds is 54. The molecule has 0 aromatic carbocycles. The molecule has 0 amide bonds. The zero-order valence-electron chi connectivity index (χ0n) is 51.0. The molecule has 0 aliphatic carbocycles. The van der Waals surface area contributed by atoms with E-state index in [0.29, 0.717) is 13.0 Å². The summed E-state index contributed by atoms with van der Waals surface area (Å²) in [5, 5.41) is 72.5. The fraction of sp³-hybridized carbons (Fsp3) is 0.836. The summed E-state index contributed by atoms with van der Waals surface area (Å²) in [4.78, 5) is 13.1. The van der Waals surface area contributed by atoms with Crippen LogP contribution >= 0.6 is 0 Å². The van der Waals surface area contributed by atoms with E-state index in [4.69, 9.17) is 28.4 Å². The van der Waals surface area contributed by atoms with Gasteiger partial charge in [0, 0.05) is 13.0 Å². The molecular formula is C67H120O14. The maximum Gasteiger partial charge on any atom is 0.306 e. The molecule has 2 fully saturated rings. The maximum absolute atomic E-state index is 13.1. The largest absolute Gasteiger partial charge is 0.457 e. The summed E-state index contributed by atoms with van der Waals surface area (Å²) in [6, 6.07) is 0. The van der Waals surface area contributed by atoms with E-state index in [1.54, 1.807) is 0 Å². The summed E-state index contributed by atoms with van der Waals surface area (Å²) in [7, 11) is 0. The van der Waals surface area contributed by atoms with E-state index >= 15 is 0 Å². The molecule has 14 nitrogen and oxygen atoms in total. The van der Waals surface area contributed by atoms with Gasteiger partial charge >= 0.3 is 5.97 Å². The summed E-state index contributed by atoms with van der Waals surface area (Å²) in [5.41, 5.74) is 0. The van der Waals surface area contributed by atoms with Gasteiger partial charge in [0.2, 0.25) is 0 Å². The smallest absolute Gasteiger partial charge is 0.306 e. The van der Waals surface area contributed by atoms with Crippen LogP contribution in [0, 0.1) is 0 Å². The van der Waals surface area contributed by atoms with Crippen LogP contribution in [-0.4, -0.2) is 142 Å². The first-order valence-electron chi connectivity index (χ1n) is 32.9. The highest BCUT2D eigenvalue weighted by molar-refractivity contribution is 5.69. The Morgan fingerprint density at radius 2 is 0.802 bits per heavy atom. The normalized spacial score (nSPS) is 24.1. The number of carbonyl (C=O) groups is 1. The number of aliphatic hydroxyl groups excluding tert-OH is 7. The highest BCUT2D eigenvalue weighted by Crippen LogP contribution is 2.27. The van der Waals surface area contributed by atoms with Gasteiger partial charge in [-0.3, -0.25) is 4.79 Å². The zero-order valence-corrected chi connectivity index (χ0v) is 51.0. The first-order valence-corrected chi connectivity index (χ1v) is 32.9. The van der Waals surface area contributed by atoms with Gasteiger partial charge in [-0.05, 0) is 57.8 Å². The van der Waals surface area contributed by atoms with E-state index in [2.05, 4.69) is 74.6 Å². The zero-order chi connectivity index (χ0) is 58.6. The Morgan fingerprint density at radius 1 is 0.420 bits per heavy atom. The molecule has 2 saturated heterocycles. The molecule has 2 rings (SSSR count). The Kier molecular flexibility index (Phi) is 49.1. The topological polar surface area (TPSA) is 214 Å². The second kappa shape index (κ2) is 53.2. The Bertz CT molecular complexity index is 1570. The van der Waals surface area contributed by atoms with Crippen LogP contribution in [0.3, 0.4) is 0 Å². The highest BCUT2D eigenvalue weighted by atomic mass is 16.7. The Balaban J connectivity index is 1.66. The van der Waals surface area contributed by atoms with Gasteiger partial charge in [0.15, 0.2) is 12.6 Å². The number of unbranched alkanes of at least 4 members (excludes halogenated alkanes) is 30. The molecule has 0 spiro atoms. The average molecular weight is 1150 g/mol. The Morgan fingerprint density at radius 3 is 1.26 bits per heavy atom. The summed E-state index contributed by atoms with van der Waals surface area (Å²) < 4.78 is 34.5. The molecule has 11 unspecified atom stereocenters. The van der Waals surface area contributed by atoms with Gasteiger partial charge in [-0.15, -0.1) is 0 Å². The number of aliphatic hydroxyl groups is 7. The second-order valence-electron chi connectivity index (χ2n) is 22.9. The van der Waals surface area contributed by atoms with Gasteiger partial charge in [-0.1, -0.05) is 254 Å². The Hall–Kier alpha value is -2.31. The van der Waals surface area contributed by atoms with E-state index in [0.717, 1.165) is 77.0 Å². The number of hydrogen-bond donors (Lipinski definition) is 7. The van der Waals surface area contributed by atoms with E-state index in [-0.39, 0.29) is 25.6 Å². The van der Waals surface area contributed by atoms with Gasteiger partial charge in [0.1, 0.15) is 54.9 Å². The number of carbonyl (C=O) groups excluding carboxylic acids is 1. The molecule has 7 N–H and O–H groups in total. The van der Waals surface area contributed by atoms with Crippen LogP contribution in [0.4, 0.5) is 0 Å². The standard InChI is InChI=1S/C67H120O14/c1-3-5-7-9-11-13-15-17-19-21-23-25-26-27-28-29-31-33-35-37-39-41-43-45-47-49-51-76-53-56(54-77-66-65(75)63(73)61(71)58(81-66)55-78-67-64(74)62(72)60(70)57(52-68)80-67)79-59(69)50-48-46-44-42-40-38-36-34-32-30-24-22-20-18-16-14-12-10-8-6-4-2/h5,7,11,13,17,19,23,25,27-28,56-58,60-68,70-75H,3-4,6,8-10,12,14-16,18,20-22,24,26,29-55H2,1-2H3/b7-5-,13-11-,19-17-,25-23-,28-27-. The molecule has 14 heteroatoms. The van der Waals surface area contributed by atoms with Crippen molar-refractivity contribution in [2.75, 3.05) is 33.0 Å². The van der Waals surface area contributed by atoms with Crippen molar-refractivity contribution in [3.8, 4) is 0 Å². The van der Waals surface area contributed by atoms with Gasteiger partial charge < -0.3 is 64.2 Å². The van der Waals surface area contributed by atoms with Gasteiger partial charge in [0.05, 0.1) is 26.4 Å². The maximum atomic E-state index is 13.1. The molecule has 0 saturated carbocycles. The van der Waals surface area contributed by atoms with Gasteiger partial charge in [0.25, 0.3) is 0 Å². The van der Waals surface area contributed by atoms with Crippen molar-refractivity contribution in [1.82, 2.24) is 0 Å². The third-order valence-electron chi connectivity index (χ3n) is 15.5. The number of allylic oxidation sites excluding steroid dienone is 10. The van der Waals surface area contributed by atoms with Crippen LogP contribution in [-0.2, 0) is 33.2 Å². The molecule has 0 radical (unpaired) electrons. The first kappa shape index (κ1) is 74.8. The molecule has 2 heterocycles. The number of hydrogen-bond acceptors (Lipinski definition) is 14. The van der Waals surface area contributed by atoms with E-state index in [1.165, 1.54) is 154 Å². The van der Waals surface area contributed by atoms with E-state index in [9.17, 15) is 40.5 Å². The lowest BCUT2D eigenvalue weighted by Crippen LogP contribution is -2.61. The van der Waals surface area contributed by atoms with Crippen molar-refractivity contribution >= 4 is 5.97 Å². The molecule has 0 bridgehead atoms. The van der Waals surface area contributed by atoms with Crippen LogP contribution in [0.5, 0.6) is 0 Å². The first-order chi connectivity index (χ1) is 39.6. The van der Waals surface area contributed by atoms with Crippen molar-refractivity contribution in [1.29, 1.82) is 0 Å². The molecule has 81 heavy (non-hydrogen) atoms. The lowest BCUT2D eigenvalue weighted by atomic mass is 9.98. The predicted octanol–water partition coefficient (Wildman–Crippen LogP) is 13.2. The van der Waals surface area contributed by atoms with Crippen molar-refractivity contribution in [3.05, 3.63) is 60.8 Å². The van der Waals surface area contributed by atoms with Crippen molar-refractivity contribution in [2.45, 2.75) is 325 Å². The monoisotopic (exact) mass is 1150 g/mol. The van der Waals surface area contributed by atoms with Crippen LogP contribution < -0.4 is 0 Å². The molecule has 2 aliphatic rings. The summed E-state index contributed by atoms with van der Waals surface area (Å²) >= 11 is 0. The van der Waals surface area contributed by atoms with E-state index in [1.807, 2.05) is 0 Å². The molecule has 2 aliphatic heterocycles. The molecule has 0 aromatic heterocycles. The fourth-order valence-electron chi connectivity index (χ4n) is 10.3. The van der Waals surface area contributed by atoms with Crippen molar-refractivity contribution in [3.63, 3.8) is 0 Å². The van der Waals surface area contributed by atoms with Gasteiger partial charge in [-0.25, -0.2) is 0 Å². The Labute approximate surface area is 492 Å². The lowest BCUT2D eigenvalue weighted by Gasteiger charge is -2.42. The molecule has 11 atom stereocenters. The summed E-state index contributed by atoms with van der Waals surface area (Å²) in [6.45, 7) is 3.61. The fourth-order valence-corrected chi connectivity index (χ4v) is 10.3. The summed E-state index contributed by atoms with van der Waals surface area (Å²) in [5.74, 6) is -0.373. The van der Waals surface area contributed by atoms with Crippen LogP contribution in [0.25, 0.3) is 0 Å². The molecular weight excluding hydrogens is 1030 g/mol. The number of esters is 1. The lowest BCUT2D eigenvalue weighted by molar-refractivity contribution is -0.332. The highest BCUT2D eigenvalue weighted by Gasteiger charge is 2.47. The molecule has 472 valence electrons. The quantitative estimate of drug-likeness (QED) is 0.0172. The van der Waals surface area contributed by atoms with E-state index < -0.39 is 80.7 Å². The number of ether oxygens (including phenoxy) is 6. The van der Waals surface area contributed by atoms with Crippen LogP contribution in [0.2, 0.25) is 0 Å². The molecule has 0 aromatic rings. The predicted molar refractivity (Wildman–Crippen MR) is 326 cm³/mol. The van der Waals surface area contributed by atoms with Crippen molar-refractivity contribution < 1.29 is 69.0 Å². The third kappa shape index (κ3) is 39.1. The summed E-state index contributed by atoms with van der Waals surface area (Å²) in [6.07, 6.45) is 51.4. The minimum Gasteiger partial charge on any atom is -0.457 e. The SMILES string of the molecule is CC/C=C\C/C=C\C/C=C\C/C=C\C/C=C\CCCCCCCCCCCCOCC(COC1OC(COC2OC(CO)C(O)C(O)C2O)C(O)C(O)C1O)OC(=O)CCCCCCCCCCCCCCCCCCCCCCC. The van der Waals surface area contributed by atoms with Crippen molar-refractivity contribution in [2.24, 2.45) is 0 Å². The minimum atomic E-state index is -1.71. The minimum absolute atomic E-state index is 0.0593. The van der Waals surface area contributed by atoms with Crippen LogP contribution in [0.1, 0.15) is 258 Å². The second-order valence-corrected chi connectivity index (χ2v) is 22.9. The third-order valence-corrected chi connectivity index (χ3v) is 15.5. The van der Waals surface area contributed by atoms with Crippen LogP contribution in [0.15, 0.2) is 60.8 Å². The average Bonchev–Trinajstić information content (AvgIpc) is 3.60. The van der Waals surface area contributed by atoms with Gasteiger partial charge in [-0.2, -0.15) is 0 Å².